The molecule has 0 rings (SSSR count). The van der Waals surface area contributed by atoms with E-state index in [1.54, 1.807) is 6.92 Å². The highest BCUT2D eigenvalue weighted by molar-refractivity contribution is 5.81. The Morgan fingerprint density at radius 3 is 1.38 bits per heavy atom. The van der Waals surface area contributed by atoms with Gasteiger partial charge in [0.25, 0.3) is 0 Å². The van der Waals surface area contributed by atoms with E-state index in [2.05, 4.69) is 5.32 Å². The van der Waals surface area contributed by atoms with E-state index >= 15 is 0 Å². The second-order valence-corrected chi connectivity index (χ2v) is 2.62. The van der Waals surface area contributed by atoms with Gasteiger partial charge in [-0.1, -0.05) is 41.5 Å². The van der Waals surface area contributed by atoms with Crippen LogP contribution in [-0.4, -0.2) is 18.9 Å². The van der Waals surface area contributed by atoms with Crippen molar-refractivity contribution >= 4 is 5.78 Å². The zero-order valence-corrected chi connectivity index (χ0v) is 10.6. The van der Waals surface area contributed by atoms with Crippen molar-refractivity contribution in [3.8, 4) is 0 Å². The maximum atomic E-state index is 10.8. The first-order valence-electron chi connectivity index (χ1n) is 5.27. The lowest BCUT2D eigenvalue weighted by atomic mass is 10.0. The van der Waals surface area contributed by atoms with Crippen molar-refractivity contribution in [1.29, 1.82) is 0 Å². The van der Waals surface area contributed by atoms with Gasteiger partial charge in [0.15, 0.2) is 0 Å². The molecule has 1 N–H and O–H groups in total. The van der Waals surface area contributed by atoms with Crippen LogP contribution in [0.3, 0.4) is 0 Å². The Morgan fingerprint density at radius 1 is 1.08 bits per heavy atom. The predicted molar refractivity (Wildman–Crippen MR) is 61.1 cm³/mol. The van der Waals surface area contributed by atoms with Crippen LogP contribution < -0.4 is 5.32 Å². The van der Waals surface area contributed by atoms with E-state index in [4.69, 9.17) is 0 Å². The lowest BCUT2D eigenvalue weighted by Crippen LogP contribution is -2.36. The van der Waals surface area contributed by atoms with Gasteiger partial charge in [0.05, 0.1) is 6.04 Å². The summed E-state index contributed by atoms with van der Waals surface area (Å²) in [4.78, 5) is 10.8. The topological polar surface area (TPSA) is 29.1 Å². The van der Waals surface area contributed by atoms with Crippen LogP contribution in [0.2, 0.25) is 0 Å². The Balaban J connectivity index is -0.000000218. The highest BCUT2D eigenvalue weighted by Gasteiger charge is 2.14. The number of ketones is 1. The Morgan fingerprint density at radius 2 is 1.38 bits per heavy atom. The maximum absolute atomic E-state index is 10.8. The van der Waals surface area contributed by atoms with Crippen molar-refractivity contribution in [1.82, 2.24) is 5.32 Å². The van der Waals surface area contributed by atoms with Crippen molar-refractivity contribution in [2.75, 3.05) is 7.05 Å². The molecule has 0 spiro atoms. The average Bonchev–Trinajstić information content (AvgIpc) is 2.11. The molecule has 0 aromatic carbocycles. The number of hydrogen-bond donors (Lipinski definition) is 1. The summed E-state index contributed by atoms with van der Waals surface area (Å²) in [6.45, 7) is 13.7. The molecule has 0 saturated carbocycles. The molecule has 0 fully saturated rings. The van der Waals surface area contributed by atoms with Gasteiger partial charge in [-0.25, -0.2) is 0 Å². The van der Waals surface area contributed by atoms with E-state index in [0.29, 0.717) is 5.92 Å². The van der Waals surface area contributed by atoms with Gasteiger partial charge in [0.2, 0.25) is 0 Å². The molecular formula is C11H27NO. The molecule has 0 aromatic heterocycles. The maximum Gasteiger partial charge on any atom is 0.146 e. The number of carbonyl (C=O) groups is 1. The molecule has 0 radical (unpaired) electrons. The molecule has 2 heteroatoms. The van der Waals surface area contributed by atoms with Crippen LogP contribution in [0, 0.1) is 5.92 Å². The number of nitrogens with one attached hydrogen (secondary N) is 1. The SMILES string of the molecule is CC.CC.CNC(C(C)=O)C(C)C. The normalized spacial score (nSPS) is 10.5. The summed E-state index contributed by atoms with van der Waals surface area (Å²) in [6.07, 6.45) is 0. The summed E-state index contributed by atoms with van der Waals surface area (Å²) >= 11 is 0. The molecule has 0 bridgehead atoms. The van der Waals surface area contributed by atoms with Crippen LogP contribution in [0.1, 0.15) is 48.5 Å². The minimum atomic E-state index is 0.0324. The first kappa shape index (κ1) is 18.4. The Kier molecular flexibility index (Phi) is 20.1. The fraction of sp³-hybridized carbons (Fsp3) is 0.909. The average molecular weight is 189 g/mol. The molecular weight excluding hydrogens is 162 g/mol. The fourth-order valence-corrected chi connectivity index (χ4v) is 1.01. The highest BCUT2D eigenvalue weighted by Crippen LogP contribution is 2.00. The van der Waals surface area contributed by atoms with Crippen molar-refractivity contribution in [2.24, 2.45) is 5.92 Å². The second kappa shape index (κ2) is 14.2. The standard InChI is InChI=1S/C7H15NO.2C2H6/c1-5(2)7(8-4)6(3)9;2*1-2/h5,7-8H,1-4H3;2*1-2H3. The van der Waals surface area contributed by atoms with Gasteiger partial charge in [-0.2, -0.15) is 0 Å². The first-order chi connectivity index (χ1) is 6.09. The molecule has 0 aromatic rings. The van der Waals surface area contributed by atoms with Crippen molar-refractivity contribution < 1.29 is 4.79 Å². The van der Waals surface area contributed by atoms with E-state index in [0.717, 1.165) is 0 Å². The highest BCUT2D eigenvalue weighted by atomic mass is 16.1. The van der Waals surface area contributed by atoms with Gasteiger partial charge in [-0.05, 0) is 19.9 Å². The molecule has 13 heavy (non-hydrogen) atoms. The summed E-state index contributed by atoms with van der Waals surface area (Å²) in [7, 11) is 1.81. The van der Waals surface area contributed by atoms with Crippen LogP contribution in [-0.2, 0) is 4.79 Å². The number of carbonyl (C=O) groups excluding carboxylic acids is 1. The Hall–Kier alpha value is -0.370. The van der Waals surface area contributed by atoms with Gasteiger partial charge in [0.1, 0.15) is 5.78 Å². The van der Waals surface area contributed by atoms with Gasteiger partial charge in [-0.3, -0.25) is 4.79 Å². The van der Waals surface area contributed by atoms with Crippen LogP contribution in [0.4, 0.5) is 0 Å². The summed E-state index contributed by atoms with van der Waals surface area (Å²) < 4.78 is 0. The molecule has 0 saturated heterocycles. The molecule has 0 aliphatic carbocycles. The predicted octanol–water partition coefficient (Wildman–Crippen LogP) is 2.87. The Bertz CT molecular complexity index is 100. The molecule has 82 valence electrons. The van der Waals surface area contributed by atoms with Crippen molar-refractivity contribution in [3.63, 3.8) is 0 Å². The molecule has 2 nitrogen and oxygen atoms in total. The van der Waals surface area contributed by atoms with E-state index in [1.165, 1.54) is 0 Å². The van der Waals surface area contributed by atoms with Gasteiger partial charge in [-0.15, -0.1) is 0 Å². The summed E-state index contributed by atoms with van der Waals surface area (Å²) in [5.41, 5.74) is 0. The smallest absolute Gasteiger partial charge is 0.146 e. The summed E-state index contributed by atoms with van der Waals surface area (Å²) in [6, 6.07) is 0.0324. The van der Waals surface area contributed by atoms with Crippen LogP contribution >= 0.6 is 0 Å². The zero-order valence-electron chi connectivity index (χ0n) is 10.6. The first-order valence-corrected chi connectivity index (χ1v) is 5.27. The van der Waals surface area contributed by atoms with E-state index in [1.807, 2.05) is 48.6 Å². The van der Waals surface area contributed by atoms with E-state index in [-0.39, 0.29) is 11.8 Å². The third kappa shape index (κ3) is 11.6. The minimum Gasteiger partial charge on any atom is -0.310 e. The van der Waals surface area contributed by atoms with Crippen LogP contribution in [0.15, 0.2) is 0 Å². The minimum absolute atomic E-state index is 0.0324. The van der Waals surface area contributed by atoms with E-state index < -0.39 is 0 Å². The number of rotatable bonds is 3. The number of Topliss-reactive ketones (excluding diaryl/α,β-unsaturated/α-hetero) is 1. The lowest BCUT2D eigenvalue weighted by molar-refractivity contribution is -0.119. The summed E-state index contributed by atoms with van der Waals surface area (Å²) in [5, 5.41) is 2.95. The molecule has 0 heterocycles. The largest absolute Gasteiger partial charge is 0.310 e. The Labute approximate surface area is 84.1 Å². The van der Waals surface area contributed by atoms with Gasteiger partial charge >= 0.3 is 0 Å². The summed E-state index contributed by atoms with van der Waals surface area (Å²) in [5.74, 6) is 0.611. The third-order valence-corrected chi connectivity index (χ3v) is 1.42. The molecule has 0 amide bonds. The molecule has 1 unspecified atom stereocenters. The van der Waals surface area contributed by atoms with Crippen LogP contribution in [0.5, 0.6) is 0 Å². The monoisotopic (exact) mass is 189 g/mol. The van der Waals surface area contributed by atoms with E-state index in [9.17, 15) is 4.79 Å². The van der Waals surface area contributed by atoms with Gasteiger partial charge in [0, 0.05) is 0 Å². The molecule has 0 aliphatic rings. The van der Waals surface area contributed by atoms with Crippen LogP contribution in [0.25, 0.3) is 0 Å². The second-order valence-electron chi connectivity index (χ2n) is 2.62. The van der Waals surface area contributed by atoms with Crippen molar-refractivity contribution in [3.05, 3.63) is 0 Å². The zero-order chi connectivity index (χ0) is 11.4. The van der Waals surface area contributed by atoms with Crippen molar-refractivity contribution in [2.45, 2.75) is 54.5 Å². The molecule has 0 aliphatic heterocycles. The number of likely N-dealkylation sites (N-methyl/N-ethyl adjacent to an activating group) is 1. The molecule has 1 atom stereocenters. The van der Waals surface area contributed by atoms with Gasteiger partial charge < -0.3 is 5.32 Å². The third-order valence-electron chi connectivity index (χ3n) is 1.42. The quantitative estimate of drug-likeness (QED) is 0.739. The number of hydrogen-bond acceptors (Lipinski definition) is 2. The lowest BCUT2D eigenvalue weighted by Gasteiger charge is -2.15. The fourth-order valence-electron chi connectivity index (χ4n) is 1.01.